The Kier molecular flexibility index (Phi) is 12.4. The smallest absolute Gasteiger partial charge is 0.345 e. The van der Waals surface area contributed by atoms with E-state index in [4.69, 9.17) is 21.1 Å². The van der Waals surface area contributed by atoms with E-state index in [1.807, 2.05) is 35.2 Å². The Bertz CT molecular complexity index is 2040. The Morgan fingerprint density at radius 3 is 2.18 bits per heavy atom. The maximum absolute atomic E-state index is 16.1. The lowest BCUT2D eigenvalue weighted by Crippen LogP contribution is -2.54. The van der Waals surface area contributed by atoms with Crippen LogP contribution in [0.15, 0.2) is 116 Å². The molecule has 2 N–H and O–H groups in total. The van der Waals surface area contributed by atoms with Gasteiger partial charge in [0.25, 0.3) is 0 Å². The zero-order valence-electron chi connectivity index (χ0n) is 30.4. The van der Waals surface area contributed by atoms with Crippen LogP contribution in [0, 0.1) is 5.82 Å². The molecule has 0 radical (unpaired) electrons. The van der Waals surface area contributed by atoms with Crippen molar-refractivity contribution in [1.29, 1.82) is 0 Å². The number of hydrazine groups is 1. The van der Waals surface area contributed by atoms with Crippen LogP contribution >= 0.6 is 11.6 Å². The molecular weight excluding hydrogens is 721 g/mol. The van der Waals surface area contributed by atoms with Crippen LogP contribution in [0.5, 0.6) is 5.75 Å². The molecule has 0 spiro atoms. The quantitative estimate of drug-likeness (QED) is 0.137. The summed E-state index contributed by atoms with van der Waals surface area (Å²) in [5.74, 6) is 0.0619. The number of piperidine rings is 1. The first-order chi connectivity index (χ1) is 26.9. The standard InChI is InChI=1S/C42H43ClFN7O4/c43-33-11-15-36(16-12-33)50(41(52)46-34-13-9-31(10-14-34)32-6-5-19-45-30-32)51(37-17-18-40(39(44)29-37)49-20-2-1-3-21-49)42(53)47-35-7-4-8-38(28-35)55-27-24-48-22-25-54-26-23-48/h4-19,28-30H,1-3,20-27H2,(H,46,52)(H,47,53). The number of hydrogen-bond donors (Lipinski definition) is 2. The van der Waals surface area contributed by atoms with Gasteiger partial charge in [-0.05, 0) is 97.1 Å². The van der Waals surface area contributed by atoms with Crippen molar-refractivity contribution in [2.45, 2.75) is 19.3 Å². The van der Waals surface area contributed by atoms with Crippen LogP contribution in [0.3, 0.4) is 0 Å². The Balaban J connectivity index is 1.19. The number of halogens is 2. The van der Waals surface area contributed by atoms with E-state index < -0.39 is 17.9 Å². The van der Waals surface area contributed by atoms with Crippen LogP contribution in [0.1, 0.15) is 19.3 Å². The molecule has 55 heavy (non-hydrogen) atoms. The highest BCUT2D eigenvalue weighted by atomic mass is 35.5. The van der Waals surface area contributed by atoms with Gasteiger partial charge in [0.2, 0.25) is 0 Å². The summed E-state index contributed by atoms with van der Waals surface area (Å²) in [5.41, 5.74) is 3.63. The number of amides is 4. The number of carbonyl (C=O) groups excluding carboxylic acids is 2. The summed E-state index contributed by atoms with van der Waals surface area (Å²) in [4.78, 5) is 37.5. The van der Waals surface area contributed by atoms with E-state index in [0.29, 0.717) is 53.3 Å². The number of benzene rings is 4. The SMILES string of the molecule is O=C(Nc1ccc(-c2cccnc2)cc1)N(c1ccc(Cl)cc1)N(C(=O)Nc1cccc(OCCN2CCOCC2)c1)c1ccc(N2CCCCC2)c(F)c1. The molecule has 0 saturated carbocycles. The fourth-order valence-electron chi connectivity index (χ4n) is 6.66. The molecule has 5 aromatic rings. The van der Waals surface area contributed by atoms with Gasteiger partial charge in [-0.1, -0.05) is 35.9 Å². The summed E-state index contributed by atoms with van der Waals surface area (Å²) in [6, 6.07) is 27.8. The lowest BCUT2D eigenvalue weighted by Gasteiger charge is -2.35. The van der Waals surface area contributed by atoms with Crippen molar-refractivity contribution in [2.24, 2.45) is 0 Å². The van der Waals surface area contributed by atoms with Crippen LogP contribution in [0.25, 0.3) is 11.1 Å². The molecule has 2 aliphatic rings. The Hall–Kier alpha value is -5.69. The van der Waals surface area contributed by atoms with E-state index >= 15 is 4.39 Å². The van der Waals surface area contributed by atoms with Crippen molar-refractivity contribution in [3.8, 4) is 16.9 Å². The first kappa shape index (κ1) is 37.6. The van der Waals surface area contributed by atoms with Gasteiger partial charge in [-0.2, -0.15) is 10.0 Å². The van der Waals surface area contributed by atoms with Crippen LogP contribution in [0.4, 0.5) is 42.4 Å². The molecule has 1 aromatic heterocycles. The molecular formula is C42H43ClFN7O4. The van der Waals surface area contributed by atoms with Crippen molar-refractivity contribution in [3.63, 3.8) is 0 Å². The number of carbonyl (C=O) groups is 2. The summed E-state index contributed by atoms with van der Waals surface area (Å²) in [6.45, 7) is 5.78. The van der Waals surface area contributed by atoms with Crippen LogP contribution in [-0.2, 0) is 4.74 Å². The maximum Gasteiger partial charge on any atom is 0.345 e. The molecule has 4 aromatic carbocycles. The van der Waals surface area contributed by atoms with Crippen molar-refractivity contribution in [2.75, 3.05) is 78.1 Å². The molecule has 13 heteroatoms. The summed E-state index contributed by atoms with van der Waals surface area (Å²) in [6.07, 6.45) is 6.51. The van der Waals surface area contributed by atoms with Gasteiger partial charge >= 0.3 is 12.1 Å². The first-order valence-corrected chi connectivity index (χ1v) is 18.8. The minimum Gasteiger partial charge on any atom is -0.492 e. The Morgan fingerprint density at radius 2 is 1.47 bits per heavy atom. The third-order valence-corrected chi connectivity index (χ3v) is 9.78. The molecule has 0 unspecified atom stereocenters. The molecule has 0 bridgehead atoms. The minimum absolute atomic E-state index is 0.130. The van der Waals surface area contributed by atoms with Crippen molar-refractivity contribution >= 4 is 52.1 Å². The van der Waals surface area contributed by atoms with E-state index in [9.17, 15) is 9.59 Å². The normalized spacial score (nSPS) is 14.5. The number of anilines is 5. The van der Waals surface area contributed by atoms with E-state index in [1.165, 1.54) is 11.1 Å². The largest absolute Gasteiger partial charge is 0.492 e. The zero-order valence-corrected chi connectivity index (χ0v) is 31.1. The van der Waals surface area contributed by atoms with Gasteiger partial charge in [0.15, 0.2) is 0 Å². The molecule has 7 rings (SSSR count). The molecule has 3 heterocycles. The minimum atomic E-state index is -0.715. The number of nitrogens with zero attached hydrogens (tertiary/aromatic N) is 5. The van der Waals surface area contributed by atoms with E-state index in [0.717, 1.165) is 68.1 Å². The van der Waals surface area contributed by atoms with Crippen LogP contribution in [0.2, 0.25) is 5.02 Å². The third-order valence-electron chi connectivity index (χ3n) is 9.52. The van der Waals surface area contributed by atoms with Gasteiger partial charge in [0.1, 0.15) is 18.2 Å². The summed E-state index contributed by atoms with van der Waals surface area (Å²) in [7, 11) is 0. The number of hydrogen-bond acceptors (Lipinski definition) is 7. The topological polar surface area (TPSA) is 103 Å². The van der Waals surface area contributed by atoms with Gasteiger partial charge in [-0.25, -0.2) is 14.0 Å². The molecule has 2 saturated heterocycles. The Labute approximate surface area is 325 Å². The van der Waals surface area contributed by atoms with Crippen molar-refractivity contribution < 1.29 is 23.5 Å². The number of nitrogens with one attached hydrogen (secondary N) is 2. The van der Waals surface area contributed by atoms with Gasteiger partial charge < -0.3 is 25.0 Å². The molecule has 11 nitrogen and oxygen atoms in total. The first-order valence-electron chi connectivity index (χ1n) is 18.5. The predicted molar refractivity (Wildman–Crippen MR) is 216 cm³/mol. The van der Waals surface area contributed by atoms with Crippen LogP contribution < -0.4 is 30.3 Å². The number of pyridine rings is 1. The fourth-order valence-corrected chi connectivity index (χ4v) is 6.79. The predicted octanol–water partition coefficient (Wildman–Crippen LogP) is 8.93. The molecule has 2 fully saturated rings. The number of urea groups is 2. The second kappa shape index (κ2) is 18.1. The summed E-state index contributed by atoms with van der Waals surface area (Å²) >= 11 is 6.27. The van der Waals surface area contributed by atoms with E-state index in [1.54, 1.807) is 79.1 Å². The summed E-state index contributed by atoms with van der Waals surface area (Å²) < 4.78 is 27.5. The highest BCUT2D eigenvalue weighted by molar-refractivity contribution is 6.30. The monoisotopic (exact) mass is 763 g/mol. The third kappa shape index (κ3) is 9.71. The maximum atomic E-state index is 16.1. The molecule has 4 amide bonds. The second-order valence-electron chi connectivity index (χ2n) is 13.3. The molecule has 0 atom stereocenters. The number of morpholine rings is 1. The summed E-state index contributed by atoms with van der Waals surface area (Å²) in [5, 5.41) is 8.57. The van der Waals surface area contributed by atoms with Crippen molar-refractivity contribution in [3.05, 3.63) is 126 Å². The van der Waals surface area contributed by atoms with Gasteiger partial charge in [0, 0.05) is 73.6 Å². The van der Waals surface area contributed by atoms with Crippen LogP contribution in [-0.4, -0.2) is 74.5 Å². The average Bonchev–Trinajstić information content (AvgIpc) is 3.22. The lowest BCUT2D eigenvalue weighted by molar-refractivity contribution is 0.0322. The Morgan fingerprint density at radius 1 is 0.764 bits per heavy atom. The zero-order chi connectivity index (χ0) is 38.0. The fraction of sp³-hybridized carbons (Fsp3) is 0.262. The lowest BCUT2D eigenvalue weighted by atomic mass is 10.1. The van der Waals surface area contributed by atoms with Gasteiger partial charge in [-0.3, -0.25) is 9.88 Å². The molecule has 284 valence electrons. The van der Waals surface area contributed by atoms with E-state index in [-0.39, 0.29) is 5.69 Å². The number of rotatable bonds is 10. The number of ether oxygens (including phenoxy) is 2. The highest BCUT2D eigenvalue weighted by Gasteiger charge is 2.31. The van der Waals surface area contributed by atoms with Crippen molar-refractivity contribution in [1.82, 2.24) is 9.88 Å². The second-order valence-corrected chi connectivity index (χ2v) is 13.7. The van der Waals surface area contributed by atoms with Gasteiger partial charge in [-0.15, -0.1) is 0 Å². The van der Waals surface area contributed by atoms with Gasteiger partial charge in [0.05, 0.1) is 30.3 Å². The average molecular weight is 764 g/mol. The highest BCUT2D eigenvalue weighted by Crippen LogP contribution is 2.32. The van der Waals surface area contributed by atoms with E-state index in [2.05, 4.69) is 20.5 Å². The molecule has 0 aliphatic carbocycles. The molecule has 2 aliphatic heterocycles. The number of aromatic nitrogens is 1.